The summed E-state index contributed by atoms with van der Waals surface area (Å²) in [6.07, 6.45) is 3.21. The monoisotopic (exact) mass is 318 g/mol. The van der Waals surface area contributed by atoms with Crippen molar-refractivity contribution in [1.82, 2.24) is 0 Å². The first-order valence-corrected chi connectivity index (χ1v) is 7.58. The standard InChI is InChI=1S/C20H18N2O2/c1-24-19-11-9-14(13-17(19)21)10-12-20(23)22-18-8-4-6-15-5-2-3-7-16(15)18/h2-13H,21H2,1H3,(H,22,23)/b12-10-. The molecule has 0 unspecified atom stereocenters. The second-order valence-electron chi connectivity index (χ2n) is 5.35. The van der Waals surface area contributed by atoms with E-state index in [4.69, 9.17) is 10.5 Å². The van der Waals surface area contributed by atoms with Crippen LogP contribution in [0.15, 0.2) is 66.7 Å². The van der Waals surface area contributed by atoms with Crippen LogP contribution in [0.3, 0.4) is 0 Å². The van der Waals surface area contributed by atoms with Gasteiger partial charge in [0.05, 0.1) is 12.8 Å². The van der Waals surface area contributed by atoms with Crippen LogP contribution in [0.5, 0.6) is 5.75 Å². The Labute approximate surface area is 140 Å². The average Bonchev–Trinajstić information content (AvgIpc) is 2.60. The van der Waals surface area contributed by atoms with Crippen molar-refractivity contribution < 1.29 is 9.53 Å². The predicted molar refractivity (Wildman–Crippen MR) is 99.0 cm³/mol. The van der Waals surface area contributed by atoms with Crippen molar-refractivity contribution in [2.24, 2.45) is 0 Å². The lowest BCUT2D eigenvalue weighted by Gasteiger charge is -2.07. The molecule has 4 nitrogen and oxygen atoms in total. The summed E-state index contributed by atoms with van der Waals surface area (Å²) in [5.41, 5.74) is 8.02. The first-order valence-electron chi connectivity index (χ1n) is 7.58. The number of benzene rings is 3. The number of rotatable bonds is 4. The van der Waals surface area contributed by atoms with Gasteiger partial charge in [0.1, 0.15) is 5.75 Å². The van der Waals surface area contributed by atoms with E-state index in [0.717, 1.165) is 22.0 Å². The molecule has 0 aliphatic carbocycles. The molecule has 0 heterocycles. The van der Waals surface area contributed by atoms with E-state index in [1.54, 1.807) is 25.3 Å². The number of ether oxygens (including phenoxy) is 1. The molecular weight excluding hydrogens is 300 g/mol. The van der Waals surface area contributed by atoms with Crippen LogP contribution < -0.4 is 15.8 Å². The summed E-state index contributed by atoms with van der Waals surface area (Å²) in [4.78, 5) is 12.2. The molecule has 0 spiro atoms. The molecule has 3 aromatic carbocycles. The van der Waals surface area contributed by atoms with Crippen molar-refractivity contribution in [1.29, 1.82) is 0 Å². The van der Waals surface area contributed by atoms with Gasteiger partial charge >= 0.3 is 0 Å². The van der Waals surface area contributed by atoms with Crippen LogP contribution >= 0.6 is 0 Å². The number of hydrogen-bond acceptors (Lipinski definition) is 3. The van der Waals surface area contributed by atoms with Crippen molar-refractivity contribution in [2.45, 2.75) is 0 Å². The van der Waals surface area contributed by atoms with E-state index in [1.165, 1.54) is 6.08 Å². The Morgan fingerprint density at radius 2 is 1.88 bits per heavy atom. The van der Waals surface area contributed by atoms with E-state index >= 15 is 0 Å². The van der Waals surface area contributed by atoms with Gasteiger partial charge in [-0.15, -0.1) is 0 Å². The Balaban J connectivity index is 1.76. The first-order chi connectivity index (χ1) is 11.7. The summed E-state index contributed by atoms with van der Waals surface area (Å²) in [5.74, 6) is 0.424. The average molecular weight is 318 g/mol. The van der Waals surface area contributed by atoms with Crippen molar-refractivity contribution in [3.05, 3.63) is 72.3 Å². The summed E-state index contributed by atoms with van der Waals surface area (Å²) in [5, 5.41) is 5.01. The van der Waals surface area contributed by atoms with Crippen LogP contribution in [-0.4, -0.2) is 13.0 Å². The van der Waals surface area contributed by atoms with E-state index in [2.05, 4.69) is 5.32 Å². The fourth-order valence-electron chi connectivity index (χ4n) is 2.54. The highest BCUT2D eigenvalue weighted by Gasteiger charge is 2.03. The Morgan fingerprint density at radius 3 is 2.67 bits per heavy atom. The molecule has 1 amide bonds. The van der Waals surface area contributed by atoms with Gasteiger partial charge in [0.25, 0.3) is 0 Å². The number of anilines is 2. The maximum atomic E-state index is 12.2. The number of hydrogen-bond donors (Lipinski definition) is 2. The summed E-state index contributed by atoms with van der Waals surface area (Å²) in [7, 11) is 1.57. The van der Waals surface area contributed by atoms with Crippen LogP contribution in [0.25, 0.3) is 16.8 Å². The molecule has 0 bridgehead atoms. The highest BCUT2D eigenvalue weighted by molar-refractivity contribution is 6.07. The molecule has 0 aliphatic heterocycles. The third kappa shape index (κ3) is 3.38. The number of nitrogens with one attached hydrogen (secondary N) is 1. The molecule has 3 N–H and O–H groups in total. The molecule has 0 radical (unpaired) electrons. The zero-order valence-corrected chi connectivity index (χ0v) is 13.3. The van der Waals surface area contributed by atoms with E-state index in [-0.39, 0.29) is 5.91 Å². The number of fused-ring (bicyclic) bond motifs is 1. The third-order valence-electron chi connectivity index (χ3n) is 3.73. The molecule has 0 saturated carbocycles. The molecule has 24 heavy (non-hydrogen) atoms. The number of nitrogen functional groups attached to an aromatic ring is 1. The van der Waals surface area contributed by atoms with E-state index in [0.29, 0.717) is 11.4 Å². The Morgan fingerprint density at radius 1 is 1.08 bits per heavy atom. The SMILES string of the molecule is COc1ccc(/C=C\C(=O)Nc2cccc3ccccc23)cc1N. The normalized spacial score (nSPS) is 10.9. The Kier molecular flexibility index (Phi) is 4.47. The van der Waals surface area contributed by atoms with E-state index < -0.39 is 0 Å². The summed E-state index contributed by atoms with van der Waals surface area (Å²) < 4.78 is 5.12. The van der Waals surface area contributed by atoms with Crippen LogP contribution in [0.1, 0.15) is 5.56 Å². The summed E-state index contributed by atoms with van der Waals surface area (Å²) in [6.45, 7) is 0. The fraction of sp³-hybridized carbons (Fsp3) is 0.0500. The molecule has 0 fully saturated rings. The van der Waals surface area contributed by atoms with Gasteiger partial charge in [-0.1, -0.05) is 42.5 Å². The maximum absolute atomic E-state index is 12.2. The fourth-order valence-corrected chi connectivity index (χ4v) is 2.54. The van der Waals surface area contributed by atoms with Gasteiger partial charge in [0.2, 0.25) is 5.91 Å². The zero-order chi connectivity index (χ0) is 16.9. The number of amides is 1. The number of methoxy groups -OCH3 is 1. The highest BCUT2D eigenvalue weighted by atomic mass is 16.5. The lowest BCUT2D eigenvalue weighted by Crippen LogP contribution is -2.08. The molecule has 0 aliphatic rings. The summed E-state index contributed by atoms with van der Waals surface area (Å²) in [6, 6.07) is 19.1. The summed E-state index contributed by atoms with van der Waals surface area (Å²) >= 11 is 0. The van der Waals surface area contributed by atoms with Gasteiger partial charge in [0, 0.05) is 17.1 Å². The molecule has 0 atom stereocenters. The second kappa shape index (κ2) is 6.87. The smallest absolute Gasteiger partial charge is 0.248 e. The quantitative estimate of drug-likeness (QED) is 0.562. The lowest BCUT2D eigenvalue weighted by molar-refractivity contribution is -0.111. The van der Waals surface area contributed by atoms with Crippen molar-refractivity contribution in [2.75, 3.05) is 18.2 Å². The molecule has 0 aromatic heterocycles. The lowest BCUT2D eigenvalue weighted by atomic mass is 10.1. The molecule has 3 aromatic rings. The molecule has 120 valence electrons. The molecule has 3 rings (SSSR count). The highest BCUT2D eigenvalue weighted by Crippen LogP contribution is 2.24. The van der Waals surface area contributed by atoms with Crippen molar-refractivity contribution in [3.63, 3.8) is 0 Å². The Bertz CT molecular complexity index is 911. The van der Waals surface area contributed by atoms with Crippen LogP contribution in [-0.2, 0) is 4.79 Å². The van der Waals surface area contributed by atoms with Gasteiger partial charge in [-0.2, -0.15) is 0 Å². The third-order valence-corrected chi connectivity index (χ3v) is 3.73. The topological polar surface area (TPSA) is 64.3 Å². The number of carbonyl (C=O) groups excluding carboxylic acids is 1. The van der Waals surface area contributed by atoms with Gasteiger partial charge < -0.3 is 15.8 Å². The largest absolute Gasteiger partial charge is 0.495 e. The van der Waals surface area contributed by atoms with Crippen LogP contribution in [0.2, 0.25) is 0 Å². The number of carbonyl (C=O) groups is 1. The van der Waals surface area contributed by atoms with Crippen molar-refractivity contribution in [3.8, 4) is 5.75 Å². The van der Waals surface area contributed by atoms with E-state index in [1.807, 2.05) is 48.5 Å². The Hall–Kier alpha value is -3.27. The van der Waals surface area contributed by atoms with Crippen molar-refractivity contribution >= 4 is 34.1 Å². The van der Waals surface area contributed by atoms with Crippen LogP contribution in [0, 0.1) is 0 Å². The number of nitrogens with two attached hydrogens (primary N) is 1. The molecular formula is C20H18N2O2. The zero-order valence-electron chi connectivity index (χ0n) is 13.3. The minimum absolute atomic E-state index is 0.194. The van der Waals surface area contributed by atoms with Gasteiger partial charge in [0.15, 0.2) is 0 Å². The van der Waals surface area contributed by atoms with Gasteiger partial charge in [-0.25, -0.2) is 0 Å². The van der Waals surface area contributed by atoms with Crippen LogP contribution in [0.4, 0.5) is 11.4 Å². The maximum Gasteiger partial charge on any atom is 0.248 e. The minimum atomic E-state index is -0.194. The second-order valence-corrected chi connectivity index (χ2v) is 5.35. The first kappa shape index (κ1) is 15.6. The predicted octanol–water partition coefficient (Wildman–Crippen LogP) is 4.08. The molecule has 0 saturated heterocycles. The van der Waals surface area contributed by atoms with Gasteiger partial charge in [-0.3, -0.25) is 4.79 Å². The minimum Gasteiger partial charge on any atom is -0.495 e. The van der Waals surface area contributed by atoms with Gasteiger partial charge in [-0.05, 0) is 35.2 Å². The van der Waals surface area contributed by atoms with E-state index in [9.17, 15) is 4.79 Å². The molecule has 4 heteroatoms.